The quantitative estimate of drug-likeness (QED) is 0.0408. The molecule has 1 heterocycles. The molecule has 0 bridgehead atoms. The van der Waals surface area contributed by atoms with Crippen LogP contribution in [0.15, 0.2) is 24.3 Å². The molecule has 0 saturated carbocycles. The summed E-state index contributed by atoms with van der Waals surface area (Å²) < 4.78 is 34.3. The molecule has 2 N–H and O–H groups in total. The van der Waals surface area contributed by atoms with Gasteiger partial charge in [0, 0.05) is 41.8 Å². The molecule has 1 aromatic carbocycles. The van der Waals surface area contributed by atoms with Crippen LogP contribution in [0.3, 0.4) is 0 Å². The number of carbonyl (C=O) groups excluding carboxylic acids is 6. The van der Waals surface area contributed by atoms with Crippen molar-refractivity contribution in [1.29, 1.82) is 0 Å². The molecule has 2 amide bonds. The Labute approximate surface area is 345 Å². The van der Waals surface area contributed by atoms with E-state index in [0.717, 1.165) is 40.5 Å². The number of hydrogen-bond donors (Lipinski definition) is 2. The van der Waals surface area contributed by atoms with Crippen molar-refractivity contribution in [3.63, 3.8) is 0 Å². The number of nitrogens with one attached hydrogen (secondary N) is 2. The smallest absolute Gasteiger partial charge is 0.303 e. The number of carbonyl (C=O) groups is 6. The number of hydrogen-bond acceptors (Lipinski definition) is 12. The van der Waals surface area contributed by atoms with E-state index in [0.29, 0.717) is 17.9 Å². The second kappa shape index (κ2) is 27.5. The standard InChI is InChI=1S/C44H70N2O12/c1-8-9-10-11-12-13-14-15-16-17-18-19-20-21-22-23-28-53-36-26-24-35(25-27-36)29-44(42(51)45-6,43(52)46-7)41-40(57-34(5)50)39(56-33(4)49)38(55-32(3)48)37(58-41)30-54-31(2)47/h24-27,37-41H,8-23,28-30H2,1-7H3,(H,45,51)(H,46,52). The van der Waals surface area contributed by atoms with Crippen LogP contribution in [0.25, 0.3) is 0 Å². The van der Waals surface area contributed by atoms with Crippen LogP contribution in [0.5, 0.6) is 5.75 Å². The number of amides is 2. The van der Waals surface area contributed by atoms with Crippen LogP contribution in [0.1, 0.15) is 143 Å². The molecule has 1 aliphatic heterocycles. The summed E-state index contributed by atoms with van der Waals surface area (Å²) in [6.07, 6.45) is 12.6. The molecule has 14 heteroatoms. The van der Waals surface area contributed by atoms with Crippen molar-refractivity contribution in [3.8, 4) is 5.75 Å². The minimum atomic E-state index is -2.17. The minimum absolute atomic E-state index is 0.278. The molecule has 0 spiro atoms. The third kappa shape index (κ3) is 17.0. The third-order valence-corrected chi connectivity index (χ3v) is 10.4. The summed E-state index contributed by atoms with van der Waals surface area (Å²) in [6, 6.07) is 6.92. The van der Waals surface area contributed by atoms with Crippen LogP contribution in [0, 0.1) is 5.41 Å². The van der Waals surface area contributed by atoms with Gasteiger partial charge in [0.15, 0.2) is 23.7 Å². The lowest BCUT2D eigenvalue weighted by atomic mass is 9.70. The van der Waals surface area contributed by atoms with Gasteiger partial charge in [0.05, 0.1) is 6.61 Å². The lowest BCUT2D eigenvalue weighted by Gasteiger charge is -2.49. The first kappa shape index (κ1) is 49.9. The van der Waals surface area contributed by atoms with E-state index in [1.165, 1.54) is 104 Å². The van der Waals surface area contributed by atoms with E-state index in [1.54, 1.807) is 24.3 Å². The van der Waals surface area contributed by atoms with Crippen molar-refractivity contribution < 1.29 is 57.2 Å². The van der Waals surface area contributed by atoms with Crippen molar-refractivity contribution in [2.75, 3.05) is 27.3 Å². The van der Waals surface area contributed by atoms with Gasteiger partial charge in [-0.1, -0.05) is 115 Å². The van der Waals surface area contributed by atoms with Gasteiger partial charge in [-0.2, -0.15) is 0 Å². The Morgan fingerprint density at radius 1 is 0.586 bits per heavy atom. The highest BCUT2D eigenvalue weighted by Crippen LogP contribution is 2.41. The average Bonchev–Trinajstić information content (AvgIpc) is 3.18. The second-order valence-corrected chi connectivity index (χ2v) is 15.2. The van der Waals surface area contributed by atoms with Gasteiger partial charge >= 0.3 is 23.9 Å². The highest BCUT2D eigenvalue weighted by molar-refractivity contribution is 6.06. The zero-order valence-corrected chi connectivity index (χ0v) is 36.0. The lowest BCUT2D eigenvalue weighted by Crippen LogP contribution is -2.71. The summed E-state index contributed by atoms with van der Waals surface area (Å²) in [4.78, 5) is 77.3. The molecular formula is C44H70N2O12. The monoisotopic (exact) mass is 818 g/mol. The summed E-state index contributed by atoms with van der Waals surface area (Å²) in [7, 11) is 2.67. The first-order valence-corrected chi connectivity index (χ1v) is 21.3. The molecular weight excluding hydrogens is 748 g/mol. The van der Waals surface area contributed by atoms with Crippen molar-refractivity contribution in [3.05, 3.63) is 29.8 Å². The summed E-state index contributed by atoms with van der Waals surface area (Å²) in [5.74, 6) is -4.21. The number of rotatable bonds is 28. The van der Waals surface area contributed by atoms with E-state index < -0.39 is 78.2 Å². The number of benzene rings is 1. The molecule has 1 saturated heterocycles. The fourth-order valence-electron chi connectivity index (χ4n) is 7.56. The SMILES string of the molecule is CCCCCCCCCCCCCCCCCCOc1ccc(CC(C(=O)NC)(C(=O)NC)C2OC(COC(C)=O)C(OC(C)=O)C(OC(C)=O)C2OC(C)=O)cc1. The topological polar surface area (TPSA) is 182 Å². The average molecular weight is 819 g/mol. The Hall–Kier alpha value is -4.20. The van der Waals surface area contributed by atoms with E-state index in [4.69, 9.17) is 28.4 Å². The Balaban J connectivity index is 2.14. The summed E-state index contributed by atoms with van der Waals surface area (Å²) >= 11 is 0. The van der Waals surface area contributed by atoms with E-state index in [9.17, 15) is 28.8 Å². The van der Waals surface area contributed by atoms with Gasteiger partial charge in [-0.15, -0.1) is 0 Å². The van der Waals surface area contributed by atoms with Gasteiger partial charge < -0.3 is 39.1 Å². The first-order valence-electron chi connectivity index (χ1n) is 21.3. The second-order valence-electron chi connectivity index (χ2n) is 15.2. The highest BCUT2D eigenvalue weighted by atomic mass is 16.7. The van der Waals surface area contributed by atoms with E-state index >= 15 is 0 Å². The maximum Gasteiger partial charge on any atom is 0.303 e. The summed E-state index contributed by atoms with van der Waals surface area (Å²) in [5.41, 5.74) is -1.65. The molecule has 1 aromatic rings. The van der Waals surface area contributed by atoms with Gasteiger partial charge in [0.1, 0.15) is 24.6 Å². The zero-order valence-electron chi connectivity index (χ0n) is 36.0. The van der Waals surface area contributed by atoms with Gasteiger partial charge in [-0.05, 0) is 30.5 Å². The van der Waals surface area contributed by atoms with Crippen LogP contribution in [-0.4, -0.2) is 93.5 Å². The largest absolute Gasteiger partial charge is 0.494 e. The highest BCUT2D eigenvalue weighted by Gasteiger charge is 2.63. The van der Waals surface area contributed by atoms with E-state index in [1.807, 2.05) is 0 Å². The maximum absolute atomic E-state index is 14.1. The Bertz CT molecular complexity index is 1400. The molecule has 14 nitrogen and oxygen atoms in total. The van der Waals surface area contributed by atoms with Gasteiger partial charge in [0.2, 0.25) is 11.8 Å². The molecule has 58 heavy (non-hydrogen) atoms. The number of esters is 4. The fourth-order valence-corrected chi connectivity index (χ4v) is 7.56. The normalized spacial score (nSPS) is 19.1. The predicted octanol–water partition coefficient (Wildman–Crippen LogP) is 6.47. The Morgan fingerprint density at radius 2 is 1.02 bits per heavy atom. The molecule has 0 radical (unpaired) electrons. The zero-order chi connectivity index (χ0) is 42.9. The maximum atomic E-state index is 14.1. The summed E-state index contributed by atoms with van der Waals surface area (Å²) in [5, 5.41) is 5.08. The van der Waals surface area contributed by atoms with E-state index in [2.05, 4.69) is 17.6 Å². The number of ether oxygens (including phenoxy) is 6. The number of unbranched alkanes of at least 4 members (excludes halogenated alkanes) is 15. The molecule has 5 unspecified atom stereocenters. The van der Waals surface area contributed by atoms with Gasteiger partial charge in [0.25, 0.3) is 0 Å². The molecule has 1 aliphatic rings. The van der Waals surface area contributed by atoms with Crippen molar-refractivity contribution in [2.24, 2.45) is 5.41 Å². The van der Waals surface area contributed by atoms with E-state index in [-0.39, 0.29) is 6.42 Å². The minimum Gasteiger partial charge on any atom is -0.494 e. The van der Waals surface area contributed by atoms with Crippen LogP contribution in [0.4, 0.5) is 0 Å². The van der Waals surface area contributed by atoms with Crippen molar-refractivity contribution in [1.82, 2.24) is 10.6 Å². The molecule has 0 aliphatic carbocycles. The van der Waals surface area contributed by atoms with Crippen molar-refractivity contribution in [2.45, 2.75) is 174 Å². The predicted molar refractivity (Wildman–Crippen MR) is 218 cm³/mol. The van der Waals surface area contributed by atoms with Gasteiger partial charge in [-0.25, -0.2) is 0 Å². The molecule has 328 valence electrons. The Morgan fingerprint density at radius 3 is 1.45 bits per heavy atom. The van der Waals surface area contributed by atoms with Crippen LogP contribution in [-0.2, 0) is 58.9 Å². The molecule has 0 aromatic heterocycles. The third-order valence-electron chi connectivity index (χ3n) is 10.4. The Kier molecular flexibility index (Phi) is 23.7. The van der Waals surface area contributed by atoms with Crippen LogP contribution >= 0.6 is 0 Å². The lowest BCUT2D eigenvalue weighted by molar-refractivity contribution is -0.267. The molecule has 5 atom stereocenters. The fraction of sp³-hybridized carbons (Fsp3) is 0.727. The van der Waals surface area contributed by atoms with Crippen LogP contribution < -0.4 is 15.4 Å². The van der Waals surface area contributed by atoms with Crippen LogP contribution in [0.2, 0.25) is 0 Å². The first-order chi connectivity index (χ1) is 27.8. The molecule has 1 fully saturated rings. The van der Waals surface area contributed by atoms with Gasteiger partial charge in [-0.3, -0.25) is 28.8 Å². The molecule has 2 rings (SSSR count). The summed E-state index contributed by atoms with van der Waals surface area (Å²) in [6.45, 7) is 6.73. The van der Waals surface area contributed by atoms with Crippen molar-refractivity contribution >= 4 is 35.7 Å².